The Bertz CT molecular complexity index is 684. The molecule has 1 N–H and O–H groups in total. The number of ether oxygens (including phenoxy) is 1. The van der Waals surface area contributed by atoms with Crippen molar-refractivity contribution in [1.29, 1.82) is 0 Å². The van der Waals surface area contributed by atoms with Gasteiger partial charge in [-0.2, -0.15) is 0 Å². The van der Waals surface area contributed by atoms with Gasteiger partial charge in [0, 0.05) is 56.1 Å². The van der Waals surface area contributed by atoms with Crippen LogP contribution in [0.5, 0.6) is 0 Å². The van der Waals surface area contributed by atoms with Crippen molar-refractivity contribution in [2.75, 3.05) is 39.4 Å². The number of rotatable bonds is 4. The molecule has 4 rings (SSSR count). The van der Waals surface area contributed by atoms with E-state index in [1.165, 1.54) is 0 Å². The van der Waals surface area contributed by atoms with Gasteiger partial charge in [-0.15, -0.1) is 0 Å². The molecule has 0 saturated carbocycles. The number of nitrogens with zero attached hydrogens (tertiary/aromatic N) is 3. The van der Waals surface area contributed by atoms with Gasteiger partial charge in [-0.3, -0.25) is 14.6 Å². The zero-order valence-electron chi connectivity index (χ0n) is 16.2. The summed E-state index contributed by atoms with van der Waals surface area (Å²) in [6.45, 7) is 4.30. The number of aromatic nitrogens is 1. The second-order valence-corrected chi connectivity index (χ2v) is 8.20. The van der Waals surface area contributed by atoms with Crippen LogP contribution in [-0.2, 0) is 14.3 Å². The van der Waals surface area contributed by atoms with E-state index in [-0.39, 0.29) is 24.3 Å². The number of aliphatic carboxylic acids is 1. The van der Waals surface area contributed by atoms with Crippen molar-refractivity contribution in [3.8, 4) is 0 Å². The highest BCUT2D eigenvalue weighted by molar-refractivity contribution is 5.81. The molecule has 3 saturated heterocycles. The highest BCUT2D eigenvalue weighted by Gasteiger charge is 2.43. The van der Waals surface area contributed by atoms with E-state index in [0.29, 0.717) is 12.6 Å². The van der Waals surface area contributed by atoms with E-state index in [9.17, 15) is 14.7 Å². The average Bonchev–Trinajstić information content (AvgIpc) is 3.20. The molecule has 0 spiro atoms. The van der Waals surface area contributed by atoms with Crippen molar-refractivity contribution in [1.82, 2.24) is 14.8 Å². The Kier molecular flexibility index (Phi) is 5.92. The van der Waals surface area contributed by atoms with Crippen molar-refractivity contribution in [3.63, 3.8) is 0 Å². The minimum Gasteiger partial charge on any atom is -0.481 e. The summed E-state index contributed by atoms with van der Waals surface area (Å²) in [5.74, 6) is -1.53. The van der Waals surface area contributed by atoms with Gasteiger partial charge in [-0.05, 0) is 50.9 Å². The molecule has 7 heteroatoms. The first kappa shape index (κ1) is 19.3. The standard InChI is InChI=1S/C21H29N3O4/c25-20(15-4-9-23(10-5-15)16-6-11-28-12-7-16)24-13-17(18(14-24)21(26)27)19-3-1-2-8-22-19/h1-3,8,15-18H,4-7,9-14H2,(H,26,27)/t17-,18-/m1/s1. The van der Waals surface area contributed by atoms with Crippen molar-refractivity contribution >= 4 is 11.9 Å². The maximum atomic E-state index is 13.1. The number of carbonyl (C=O) groups is 2. The number of pyridine rings is 1. The van der Waals surface area contributed by atoms with Crippen LogP contribution in [0.4, 0.5) is 0 Å². The lowest BCUT2D eigenvalue weighted by atomic mass is 9.92. The second-order valence-electron chi connectivity index (χ2n) is 8.20. The molecule has 3 fully saturated rings. The Hall–Kier alpha value is -1.99. The zero-order chi connectivity index (χ0) is 19.5. The molecule has 0 unspecified atom stereocenters. The van der Waals surface area contributed by atoms with Gasteiger partial charge in [0.2, 0.25) is 5.91 Å². The molecule has 7 nitrogen and oxygen atoms in total. The van der Waals surface area contributed by atoms with E-state index >= 15 is 0 Å². The Morgan fingerprint density at radius 3 is 2.46 bits per heavy atom. The van der Waals surface area contributed by atoms with E-state index in [1.807, 2.05) is 18.2 Å². The molecule has 152 valence electrons. The van der Waals surface area contributed by atoms with Crippen molar-refractivity contribution in [2.24, 2.45) is 11.8 Å². The van der Waals surface area contributed by atoms with Gasteiger partial charge in [0.1, 0.15) is 0 Å². The fourth-order valence-corrected chi connectivity index (χ4v) is 4.95. The van der Waals surface area contributed by atoms with Crippen molar-refractivity contribution in [3.05, 3.63) is 30.1 Å². The third kappa shape index (κ3) is 4.05. The molecule has 3 aliphatic rings. The molecule has 0 radical (unpaired) electrons. The minimum absolute atomic E-state index is 0.00742. The Morgan fingerprint density at radius 1 is 1.07 bits per heavy atom. The van der Waals surface area contributed by atoms with E-state index in [2.05, 4.69) is 9.88 Å². The number of carboxylic acid groups (broad SMARTS) is 1. The quantitative estimate of drug-likeness (QED) is 0.845. The maximum absolute atomic E-state index is 13.1. The molecule has 0 aliphatic carbocycles. The highest BCUT2D eigenvalue weighted by Crippen LogP contribution is 2.34. The van der Waals surface area contributed by atoms with Gasteiger partial charge in [0.25, 0.3) is 0 Å². The number of likely N-dealkylation sites (tertiary alicyclic amines) is 2. The topological polar surface area (TPSA) is 83.0 Å². The van der Waals surface area contributed by atoms with Crippen molar-refractivity contribution < 1.29 is 19.4 Å². The van der Waals surface area contributed by atoms with Crippen LogP contribution < -0.4 is 0 Å². The van der Waals surface area contributed by atoms with Crippen LogP contribution in [-0.4, -0.2) is 77.2 Å². The third-order valence-electron chi connectivity index (χ3n) is 6.60. The normalized spacial score (nSPS) is 27.8. The first-order chi connectivity index (χ1) is 13.6. The lowest BCUT2D eigenvalue weighted by Gasteiger charge is -2.39. The molecule has 4 heterocycles. The fraction of sp³-hybridized carbons (Fsp3) is 0.667. The third-order valence-corrected chi connectivity index (χ3v) is 6.60. The van der Waals surface area contributed by atoms with Gasteiger partial charge in [0.15, 0.2) is 0 Å². The smallest absolute Gasteiger partial charge is 0.309 e. The number of amides is 1. The molecule has 1 amide bonds. The monoisotopic (exact) mass is 387 g/mol. The number of carbonyl (C=O) groups excluding carboxylic acids is 1. The van der Waals surface area contributed by atoms with Crippen LogP contribution in [0.25, 0.3) is 0 Å². The molecule has 2 atom stereocenters. The molecule has 1 aromatic heterocycles. The van der Waals surface area contributed by atoms with E-state index < -0.39 is 11.9 Å². The van der Waals surface area contributed by atoms with Crippen LogP contribution in [0.1, 0.15) is 37.3 Å². The zero-order valence-corrected chi connectivity index (χ0v) is 16.2. The van der Waals surface area contributed by atoms with E-state index in [0.717, 1.165) is 57.7 Å². The predicted molar refractivity (Wildman–Crippen MR) is 103 cm³/mol. The van der Waals surface area contributed by atoms with Crippen LogP contribution in [0.2, 0.25) is 0 Å². The highest BCUT2D eigenvalue weighted by atomic mass is 16.5. The lowest BCUT2D eigenvalue weighted by Crippen LogP contribution is -2.47. The summed E-state index contributed by atoms with van der Waals surface area (Å²) < 4.78 is 5.45. The summed E-state index contributed by atoms with van der Waals surface area (Å²) >= 11 is 0. The van der Waals surface area contributed by atoms with E-state index in [1.54, 1.807) is 11.1 Å². The van der Waals surface area contributed by atoms with Gasteiger partial charge in [0.05, 0.1) is 5.92 Å². The average molecular weight is 387 g/mol. The molecule has 0 aromatic carbocycles. The predicted octanol–water partition coefficient (Wildman–Crippen LogP) is 1.60. The molecule has 0 bridgehead atoms. The number of hydrogen-bond donors (Lipinski definition) is 1. The SMILES string of the molecule is O=C(O)[C@@H]1CN(C(=O)C2CCN(C3CCOCC3)CC2)C[C@H]1c1ccccn1. The Morgan fingerprint density at radius 2 is 1.82 bits per heavy atom. The summed E-state index contributed by atoms with van der Waals surface area (Å²) in [4.78, 5) is 33.5. The van der Waals surface area contributed by atoms with Gasteiger partial charge < -0.3 is 19.6 Å². The summed E-state index contributed by atoms with van der Waals surface area (Å²) in [5, 5.41) is 9.65. The fourth-order valence-electron chi connectivity index (χ4n) is 4.95. The molecule has 3 aliphatic heterocycles. The van der Waals surface area contributed by atoms with Gasteiger partial charge in [-0.25, -0.2) is 0 Å². The van der Waals surface area contributed by atoms with Crippen LogP contribution >= 0.6 is 0 Å². The molecular formula is C21H29N3O4. The Labute approximate surface area is 165 Å². The number of carboxylic acids is 1. The Balaban J connectivity index is 1.36. The van der Waals surface area contributed by atoms with Gasteiger partial charge >= 0.3 is 5.97 Å². The van der Waals surface area contributed by atoms with Crippen LogP contribution in [0.3, 0.4) is 0 Å². The van der Waals surface area contributed by atoms with Crippen molar-refractivity contribution in [2.45, 2.75) is 37.6 Å². The summed E-state index contributed by atoms with van der Waals surface area (Å²) in [5.41, 5.74) is 0.763. The maximum Gasteiger partial charge on any atom is 0.309 e. The first-order valence-electron chi connectivity index (χ1n) is 10.4. The molecule has 28 heavy (non-hydrogen) atoms. The van der Waals surface area contributed by atoms with Crippen LogP contribution in [0.15, 0.2) is 24.4 Å². The van der Waals surface area contributed by atoms with Gasteiger partial charge in [-0.1, -0.05) is 6.07 Å². The van der Waals surface area contributed by atoms with Crippen LogP contribution in [0, 0.1) is 11.8 Å². The lowest BCUT2D eigenvalue weighted by molar-refractivity contribution is -0.142. The number of piperidine rings is 1. The van der Waals surface area contributed by atoms with E-state index in [4.69, 9.17) is 4.74 Å². The number of hydrogen-bond acceptors (Lipinski definition) is 5. The minimum atomic E-state index is -0.847. The summed E-state index contributed by atoms with van der Waals surface area (Å²) in [6, 6.07) is 6.14. The summed E-state index contributed by atoms with van der Waals surface area (Å²) in [7, 11) is 0. The second kappa shape index (κ2) is 8.57. The largest absolute Gasteiger partial charge is 0.481 e. The summed E-state index contributed by atoms with van der Waals surface area (Å²) in [6.07, 6.45) is 5.57. The molecular weight excluding hydrogens is 358 g/mol. The molecule has 1 aromatic rings. The first-order valence-corrected chi connectivity index (χ1v) is 10.4.